The van der Waals surface area contributed by atoms with Gasteiger partial charge in [-0.2, -0.15) is 0 Å². The molecule has 0 unspecified atom stereocenters. The summed E-state index contributed by atoms with van der Waals surface area (Å²) in [6.45, 7) is 1.84. The van der Waals surface area contributed by atoms with Crippen molar-refractivity contribution in [2.24, 2.45) is 0 Å². The molecule has 2 aliphatic rings. The lowest BCUT2D eigenvalue weighted by molar-refractivity contribution is -0.135. The molecule has 2 heterocycles. The summed E-state index contributed by atoms with van der Waals surface area (Å²) in [4.78, 5) is 25.9. The van der Waals surface area contributed by atoms with Crippen molar-refractivity contribution in [1.29, 1.82) is 0 Å². The van der Waals surface area contributed by atoms with E-state index < -0.39 is 15.9 Å². The molecule has 3 rings (SSSR count). The maximum absolute atomic E-state index is 12.3. The molecule has 0 N–H and O–H groups in total. The van der Waals surface area contributed by atoms with Crippen LogP contribution in [0.5, 0.6) is 0 Å². The van der Waals surface area contributed by atoms with E-state index in [1.165, 1.54) is 12.1 Å². The SMILES string of the molecule is O=C(CCN1C(=O)c2ccccc2S1(=O)=O)N1CCOCC1. The quantitative estimate of drug-likeness (QED) is 0.786. The van der Waals surface area contributed by atoms with Gasteiger partial charge in [-0.3, -0.25) is 9.59 Å². The summed E-state index contributed by atoms with van der Waals surface area (Å²) in [6.07, 6.45) is -0.0149. The first kappa shape index (κ1) is 15.0. The minimum atomic E-state index is -3.83. The first-order chi connectivity index (χ1) is 10.5. The average molecular weight is 324 g/mol. The first-order valence-corrected chi connectivity index (χ1v) is 8.47. The largest absolute Gasteiger partial charge is 0.378 e. The molecule has 2 amide bonds. The van der Waals surface area contributed by atoms with Gasteiger partial charge in [0.25, 0.3) is 15.9 Å². The van der Waals surface area contributed by atoms with Gasteiger partial charge in [-0.1, -0.05) is 12.1 Å². The van der Waals surface area contributed by atoms with E-state index in [-0.39, 0.29) is 29.3 Å². The second-order valence-corrected chi connectivity index (χ2v) is 6.95. The number of hydrogen-bond acceptors (Lipinski definition) is 5. The van der Waals surface area contributed by atoms with Crippen LogP contribution in [0.3, 0.4) is 0 Å². The van der Waals surface area contributed by atoms with Gasteiger partial charge in [0, 0.05) is 26.1 Å². The van der Waals surface area contributed by atoms with E-state index in [0.717, 1.165) is 4.31 Å². The van der Waals surface area contributed by atoms with Gasteiger partial charge >= 0.3 is 0 Å². The molecule has 0 saturated carbocycles. The predicted octanol–water partition coefficient (Wildman–Crippen LogP) is 0.0800. The summed E-state index contributed by atoms with van der Waals surface area (Å²) < 4.78 is 30.6. The number of fused-ring (bicyclic) bond motifs is 1. The summed E-state index contributed by atoms with van der Waals surface area (Å²) in [6, 6.07) is 6.09. The third-order valence-electron chi connectivity index (χ3n) is 3.80. The highest BCUT2D eigenvalue weighted by Gasteiger charge is 2.40. The lowest BCUT2D eigenvalue weighted by atomic mass is 10.2. The Labute approximate surface area is 128 Å². The Morgan fingerprint density at radius 2 is 1.86 bits per heavy atom. The Balaban J connectivity index is 1.71. The number of rotatable bonds is 3. The number of carbonyl (C=O) groups excluding carboxylic acids is 2. The topological polar surface area (TPSA) is 84.0 Å². The molecule has 1 saturated heterocycles. The zero-order valence-electron chi connectivity index (χ0n) is 11.9. The minimum Gasteiger partial charge on any atom is -0.378 e. The van der Waals surface area contributed by atoms with Crippen LogP contribution < -0.4 is 0 Å². The molecule has 0 aromatic heterocycles. The fraction of sp³-hybridized carbons (Fsp3) is 0.429. The molecule has 1 aromatic carbocycles. The van der Waals surface area contributed by atoms with Crippen molar-refractivity contribution in [2.75, 3.05) is 32.8 Å². The van der Waals surface area contributed by atoms with E-state index in [1.54, 1.807) is 17.0 Å². The molecule has 0 aliphatic carbocycles. The van der Waals surface area contributed by atoms with Crippen LogP contribution >= 0.6 is 0 Å². The Bertz CT molecular complexity index is 710. The summed E-state index contributed by atoms with van der Waals surface area (Å²) in [7, 11) is -3.83. The second kappa shape index (κ2) is 5.69. The zero-order chi connectivity index (χ0) is 15.7. The van der Waals surface area contributed by atoms with Gasteiger partial charge in [0.15, 0.2) is 0 Å². The highest BCUT2D eigenvalue weighted by Crippen LogP contribution is 2.29. The number of carbonyl (C=O) groups is 2. The summed E-state index contributed by atoms with van der Waals surface area (Å²) in [5.41, 5.74) is 0.168. The van der Waals surface area contributed by atoms with Crippen LogP contribution in [0.1, 0.15) is 16.8 Å². The minimum absolute atomic E-state index is 0.0128. The number of ether oxygens (including phenoxy) is 1. The van der Waals surface area contributed by atoms with Crippen molar-refractivity contribution in [2.45, 2.75) is 11.3 Å². The van der Waals surface area contributed by atoms with Crippen LogP contribution in [0.2, 0.25) is 0 Å². The first-order valence-electron chi connectivity index (χ1n) is 7.03. The zero-order valence-corrected chi connectivity index (χ0v) is 12.7. The molecule has 0 spiro atoms. The summed E-state index contributed by atoms with van der Waals surface area (Å²) >= 11 is 0. The van der Waals surface area contributed by atoms with Crippen molar-refractivity contribution in [3.8, 4) is 0 Å². The lowest BCUT2D eigenvalue weighted by Gasteiger charge is -2.27. The van der Waals surface area contributed by atoms with Crippen LogP contribution in [-0.4, -0.2) is 62.3 Å². The van der Waals surface area contributed by atoms with Gasteiger partial charge in [0.05, 0.1) is 18.8 Å². The van der Waals surface area contributed by atoms with Gasteiger partial charge in [0.1, 0.15) is 4.90 Å². The van der Waals surface area contributed by atoms with Gasteiger partial charge in [-0.25, -0.2) is 12.7 Å². The predicted molar refractivity (Wildman–Crippen MR) is 76.7 cm³/mol. The second-order valence-electron chi connectivity index (χ2n) is 5.12. The third-order valence-corrected chi connectivity index (χ3v) is 5.65. The highest BCUT2D eigenvalue weighted by atomic mass is 32.2. The molecule has 1 fully saturated rings. The lowest BCUT2D eigenvalue weighted by Crippen LogP contribution is -2.42. The Morgan fingerprint density at radius 3 is 2.55 bits per heavy atom. The average Bonchev–Trinajstić information content (AvgIpc) is 2.73. The highest BCUT2D eigenvalue weighted by molar-refractivity contribution is 7.90. The fourth-order valence-corrected chi connectivity index (χ4v) is 4.19. The molecular formula is C14H16N2O5S. The van der Waals surface area contributed by atoms with Gasteiger partial charge in [0.2, 0.25) is 5.91 Å². The van der Waals surface area contributed by atoms with Gasteiger partial charge in [-0.15, -0.1) is 0 Å². The van der Waals surface area contributed by atoms with E-state index in [0.29, 0.717) is 26.3 Å². The molecule has 2 aliphatic heterocycles. The third kappa shape index (κ3) is 2.48. The van der Waals surface area contributed by atoms with Crippen molar-refractivity contribution < 1.29 is 22.7 Å². The molecule has 0 radical (unpaired) electrons. The molecule has 118 valence electrons. The van der Waals surface area contributed by atoms with Crippen LogP contribution in [-0.2, 0) is 19.6 Å². The number of hydrogen-bond donors (Lipinski definition) is 0. The molecule has 22 heavy (non-hydrogen) atoms. The molecular weight excluding hydrogens is 308 g/mol. The number of amides is 2. The maximum Gasteiger partial charge on any atom is 0.269 e. The van der Waals surface area contributed by atoms with Crippen LogP contribution in [0.4, 0.5) is 0 Å². The number of benzene rings is 1. The molecule has 7 nitrogen and oxygen atoms in total. The molecule has 0 atom stereocenters. The maximum atomic E-state index is 12.3. The smallest absolute Gasteiger partial charge is 0.269 e. The van der Waals surface area contributed by atoms with Gasteiger partial charge < -0.3 is 9.64 Å². The fourth-order valence-electron chi connectivity index (χ4n) is 2.62. The van der Waals surface area contributed by atoms with Crippen LogP contribution in [0, 0.1) is 0 Å². The van der Waals surface area contributed by atoms with Crippen molar-refractivity contribution >= 4 is 21.8 Å². The van der Waals surface area contributed by atoms with Gasteiger partial charge in [-0.05, 0) is 12.1 Å². The van der Waals surface area contributed by atoms with Crippen LogP contribution in [0.15, 0.2) is 29.2 Å². The Hall–Kier alpha value is -1.93. The molecule has 1 aromatic rings. The van der Waals surface area contributed by atoms with E-state index >= 15 is 0 Å². The molecule has 0 bridgehead atoms. The van der Waals surface area contributed by atoms with Crippen LogP contribution in [0.25, 0.3) is 0 Å². The van der Waals surface area contributed by atoms with Crippen molar-refractivity contribution in [3.05, 3.63) is 29.8 Å². The number of sulfonamides is 1. The standard InChI is InChI=1S/C14H16N2O5S/c17-13(15-7-9-21-10-8-15)5-6-16-14(18)11-3-1-2-4-12(11)22(16,19)20/h1-4H,5-10H2. The summed E-state index contributed by atoms with van der Waals surface area (Å²) in [5, 5.41) is 0. The number of morpholine rings is 1. The Morgan fingerprint density at radius 1 is 1.18 bits per heavy atom. The van der Waals surface area contributed by atoms with Crippen molar-refractivity contribution in [1.82, 2.24) is 9.21 Å². The number of nitrogens with zero attached hydrogens (tertiary/aromatic N) is 2. The van der Waals surface area contributed by atoms with E-state index in [9.17, 15) is 18.0 Å². The van der Waals surface area contributed by atoms with E-state index in [2.05, 4.69) is 0 Å². The Kier molecular flexibility index (Phi) is 3.88. The molecule has 8 heteroatoms. The normalized spacial score (nSPS) is 20.1. The van der Waals surface area contributed by atoms with E-state index in [1.807, 2.05) is 0 Å². The summed E-state index contributed by atoms with van der Waals surface area (Å²) in [5.74, 6) is -0.729. The monoisotopic (exact) mass is 324 g/mol. The van der Waals surface area contributed by atoms with Crippen molar-refractivity contribution in [3.63, 3.8) is 0 Å². The van der Waals surface area contributed by atoms with E-state index in [4.69, 9.17) is 4.74 Å².